The van der Waals surface area contributed by atoms with Crippen LogP contribution in [0.1, 0.15) is 50.6 Å². The number of aryl methyl sites for hydroxylation is 1. The van der Waals surface area contributed by atoms with Gasteiger partial charge in [0.05, 0.1) is 0 Å². The first-order chi connectivity index (χ1) is 13.2. The summed E-state index contributed by atoms with van der Waals surface area (Å²) in [6, 6.07) is 2.89. The van der Waals surface area contributed by atoms with Crippen molar-refractivity contribution in [1.29, 1.82) is 5.26 Å². The molecule has 0 aliphatic heterocycles. The molecule has 0 radical (unpaired) electrons. The van der Waals surface area contributed by atoms with Crippen molar-refractivity contribution < 1.29 is 19.1 Å². The zero-order valence-electron chi connectivity index (χ0n) is 17.1. The Morgan fingerprint density at radius 1 is 1.32 bits per heavy atom. The minimum atomic E-state index is -0.916. The van der Waals surface area contributed by atoms with Crippen molar-refractivity contribution in [1.82, 2.24) is 15.2 Å². The molecular weight excluding hydrogens is 360 g/mol. The van der Waals surface area contributed by atoms with Gasteiger partial charge in [-0.05, 0) is 51.8 Å². The van der Waals surface area contributed by atoms with E-state index in [9.17, 15) is 19.6 Å². The molecule has 0 bridgehead atoms. The molecule has 0 aromatic carbocycles. The molecule has 2 N–H and O–H groups in total. The van der Waals surface area contributed by atoms with Gasteiger partial charge in [0.15, 0.2) is 6.61 Å². The van der Waals surface area contributed by atoms with Crippen molar-refractivity contribution >= 4 is 24.0 Å². The number of aromatic nitrogens is 1. The lowest BCUT2D eigenvalue weighted by molar-refractivity contribution is -0.144. The summed E-state index contributed by atoms with van der Waals surface area (Å²) in [6.07, 6.45) is 3.55. The normalized spacial score (nSPS) is 11.1. The molecular formula is C20H28N4O4. The number of nitriles is 1. The molecule has 0 fully saturated rings. The van der Waals surface area contributed by atoms with Crippen LogP contribution in [0.15, 0.2) is 11.6 Å². The van der Waals surface area contributed by atoms with Crippen molar-refractivity contribution in [2.75, 3.05) is 6.61 Å². The summed E-state index contributed by atoms with van der Waals surface area (Å²) in [5, 5.41) is 13.8. The fourth-order valence-corrected chi connectivity index (χ4v) is 2.60. The maximum Gasteiger partial charge on any atom is 0.349 e. The lowest BCUT2D eigenvalue weighted by Crippen LogP contribution is -2.44. The standard InChI is InChI=1S/C20H28N4O4/c1-6-7-8-24-14(4)9-16(15(24)5)10-17(11-21)19(26)28-12-18(25)23-20(27)22-13(2)3/h9-10,13H,6-8,12H2,1-5H3,(H2,22,23,25,27)/b17-10+. The molecule has 28 heavy (non-hydrogen) atoms. The van der Waals surface area contributed by atoms with Crippen molar-refractivity contribution in [3.8, 4) is 6.07 Å². The number of hydrogen-bond acceptors (Lipinski definition) is 5. The third-order valence-corrected chi connectivity index (χ3v) is 4.00. The Morgan fingerprint density at radius 2 is 2.00 bits per heavy atom. The summed E-state index contributed by atoms with van der Waals surface area (Å²) in [5.74, 6) is -1.69. The zero-order chi connectivity index (χ0) is 21.3. The first-order valence-electron chi connectivity index (χ1n) is 9.25. The van der Waals surface area contributed by atoms with Gasteiger partial charge < -0.3 is 14.6 Å². The Hall–Kier alpha value is -3.08. The van der Waals surface area contributed by atoms with E-state index in [1.165, 1.54) is 6.08 Å². The van der Waals surface area contributed by atoms with Crippen molar-refractivity contribution in [2.24, 2.45) is 0 Å². The SMILES string of the molecule is CCCCn1c(C)cc(/C=C(\C#N)C(=O)OCC(=O)NC(=O)NC(C)C)c1C. The topological polar surface area (TPSA) is 113 Å². The smallest absolute Gasteiger partial charge is 0.349 e. The van der Waals surface area contributed by atoms with Crippen LogP contribution in [-0.4, -0.2) is 35.1 Å². The summed E-state index contributed by atoms with van der Waals surface area (Å²) in [6.45, 7) is 9.71. The number of unbranched alkanes of at least 4 members (excludes halogenated alkanes) is 1. The molecule has 1 aromatic rings. The summed E-state index contributed by atoms with van der Waals surface area (Å²) in [4.78, 5) is 35.2. The van der Waals surface area contributed by atoms with E-state index in [1.807, 2.05) is 25.2 Å². The van der Waals surface area contributed by atoms with Crippen LogP contribution in [0.3, 0.4) is 0 Å². The number of nitrogens with zero attached hydrogens (tertiary/aromatic N) is 2. The van der Waals surface area contributed by atoms with Crippen LogP contribution in [-0.2, 0) is 20.9 Å². The number of ether oxygens (including phenoxy) is 1. The van der Waals surface area contributed by atoms with Gasteiger partial charge in [-0.15, -0.1) is 0 Å². The third kappa shape index (κ3) is 6.91. The van der Waals surface area contributed by atoms with Gasteiger partial charge in [-0.1, -0.05) is 13.3 Å². The van der Waals surface area contributed by atoms with E-state index in [1.54, 1.807) is 19.9 Å². The number of urea groups is 1. The molecule has 0 unspecified atom stereocenters. The van der Waals surface area contributed by atoms with Gasteiger partial charge in [0.25, 0.3) is 5.91 Å². The van der Waals surface area contributed by atoms with Crippen molar-refractivity contribution in [3.05, 3.63) is 28.6 Å². The summed E-state index contributed by atoms with van der Waals surface area (Å²) in [7, 11) is 0. The summed E-state index contributed by atoms with van der Waals surface area (Å²) in [5.41, 5.74) is 2.53. The van der Waals surface area contributed by atoms with Crippen LogP contribution in [0, 0.1) is 25.2 Å². The largest absolute Gasteiger partial charge is 0.451 e. The molecule has 0 saturated carbocycles. The van der Waals surface area contributed by atoms with E-state index >= 15 is 0 Å². The van der Waals surface area contributed by atoms with Gasteiger partial charge in [0, 0.05) is 24.0 Å². The highest BCUT2D eigenvalue weighted by atomic mass is 16.5. The molecule has 152 valence electrons. The first kappa shape index (κ1) is 23.0. The quantitative estimate of drug-likeness (QED) is 0.404. The molecule has 3 amide bonds. The van der Waals surface area contributed by atoms with Crippen LogP contribution in [0.4, 0.5) is 4.79 Å². The van der Waals surface area contributed by atoms with Gasteiger partial charge in [-0.2, -0.15) is 5.26 Å². The molecule has 0 aliphatic rings. The summed E-state index contributed by atoms with van der Waals surface area (Å²) >= 11 is 0. The number of amides is 3. The third-order valence-electron chi connectivity index (χ3n) is 4.00. The maximum atomic E-state index is 12.1. The van der Waals surface area contributed by atoms with E-state index in [2.05, 4.69) is 16.8 Å². The average molecular weight is 388 g/mol. The lowest BCUT2D eigenvalue weighted by atomic mass is 10.1. The molecule has 8 heteroatoms. The number of rotatable bonds is 8. The van der Waals surface area contributed by atoms with E-state index in [4.69, 9.17) is 4.74 Å². The molecule has 1 rings (SSSR count). The Kier molecular flexibility index (Phi) is 8.96. The fourth-order valence-electron chi connectivity index (χ4n) is 2.60. The first-order valence-corrected chi connectivity index (χ1v) is 9.25. The molecule has 1 aromatic heterocycles. The van der Waals surface area contributed by atoms with Gasteiger partial charge in [-0.3, -0.25) is 10.1 Å². The van der Waals surface area contributed by atoms with Gasteiger partial charge in [0.1, 0.15) is 11.6 Å². The fraction of sp³-hybridized carbons (Fsp3) is 0.500. The number of imide groups is 1. The van der Waals surface area contributed by atoms with E-state index in [0.717, 1.165) is 36.3 Å². The Labute approximate surface area is 165 Å². The van der Waals surface area contributed by atoms with Crippen LogP contribution >= 0.6 is 0 Å². The van der Waals surface area contributed by atoms with Crippen LogP contribution in [0.25, 0.3) is 6.08 Å². The van der Waals surface area contributed by atoms with Crippen LogP contribution in [0.2, 0.25) is 0 Å². The predicted octanol–water partition coefficient (Wildman–Crippen LogP) is 2.59. The number of nitrogens with one attached hydrogen (secondary N) is 2. The summed E-state index contributed by atoms with van der Waals surface area (Å²) < 4.78 is 6.98. The van der Waals surface area contributed by atoms with E-state index < -0.39 is 24.5 Å². The number of carbonyl (C=O) groups is 3. The Morgan fingerprint density at radius 3 is 2.57 bits per heavy atom. The predicted molar refractivity (Wildman–Crippen MR) is 105 cm³/mol. The lowest BCUT2D eigenvalue weighted by Gasteiger charge is -2.09. The Balaban J connectivity index is 2.77. The highest BCUT2D eigenvalue weighted by Crippen LogP contribution is 2.19. The highest BCUT2D eigenvalue weighted by Gasteiger charge is 2.16. The number of esters is 1. The number of carbonyl (C=O) groups excluding carboxylic acids is 3. The van der Waals surface area contributed by atoms with Crippen LogP contribution < -0.4 is 10.6 Å². The molecule has 0 spiro atoms. The Bertz CT molecular complexity index is 800. The second-order valence-electron chi connectivity index (χ2n) is 6.75. The number of hydrogen-bond donors (Lipinski definition) is 2. The second-order valence-corrected chi connectivity index (χ2v) is 6.75. The van der Waals surface area contributed by atoms with Crippen molar-refractivity contribution in [3.63, 3.8) is 0 Å². The van der Waals surface area contributed by atoms with Gasteiger partial charge in [0.2, 0.25) is 0 Å². The molecule has 0 saturated heterocycles. The second kappa shape index (κ2) is 10.9. The molecule has 0 atom stereocenters. The average Bonchev–Trinajstić information content (AvgIpc) is 2.88. The molecule has 0 aliphatic carbocycles. The van der Waals surface area contributed by atoms with E-state index in [0.29, 0.717) is 0 Å². The maximum absolute atomic E-state index is 12.1. The van der Waals surface area contributed by atoms with Gasteiger partial charge >= 0.3 is 12.0 Å². The monoisotopic (exact) mass is 388 g/mol. The van der Waals surface area contributed by atoms with E-state index in [-0.39, 0.29) is 11.6 Å². The molecule has 8 nitrogen and oxygen atoms in total. The highest BCUT2D eigenvalue weighted by molar-refractivity contribution is 6.00. The van der Waals surface area contributed by atoms with Crippen LogP contribution in [0.5, 0.6) is 0 Å². The minimum absolute atomic E-state index is 0.139. The minimum Gasteiger partial charge on any atom is -0.451 e. The van der Waals surface area contributed by atoms with Crippen molar-refractivity contribution in [2.45, 2.75) is 60.0 Å². The van der Waals surface area contributed by atoms with Gasteiger partial charge in [-0.25, -0.2) is 9.59 Å². The molecule has 1 heterocycles. The zero-order valence-corrected chi connectivity index (χ0v) is 17.1.